The number of rotatable bonds is 5. The zero-order valence-corrected chi connectivity index (χ0v) is 13.8. The standard InChI is InChI=1S/C16H15NO6S/c1-22-14-8-6-13(7-9-14)17-15(18)11-4-3-5-12(10-11)16(19)23-24(2,20)21/h3-10H,1-2H3,(H,17,18). The maximum atomic E-state index is 12.2. The van der Waals surface area contributed by atoms with Gasteiger partial charge in [0.15, 0.2) is 0 Å². The van der Waals surface area contributed by atoms with Crippen LogP contribution in [-0.4, -0.2) is 33.7 Å². The van der Waals surface area contributed by atoms with Crippen molar-refractivity contribution in [3.8, 4) is 5.75 Å². The predicted molar refractivity (Wildman–Crippen MR) is 87.6 cm³/mol. The summed E-state index contributed by atoms with van der Waals surface area (Å²) in [4.78, 5) is 23.9. The minimum absolute atomic E-state index is 0.0391. The van der Waals surface area contributed by atoms with Gasteiger partial charge in [0.2, 0.25) is 0 Å². The van der Waals surface area contributed by atoms with Crippen LogP contribution in [0.3, 0.4) is 0 Å². The van der Waals surface area contributed by atoms with E-state index in [0.717, 1.165) is 6.26 Å². The Bertz CT molecular complexity index is 858. The zero-order valence-electron chi connectivity index (χ0n) is 13.0. The number of methoxy groups -OCH3 is 1. The van der Waals surface area contributed by atoms with E-state index in [1.807, 2.05) is 0 Å². The molecule has 0 atom stereocenters. The molecule has 8 heteroatoms. The number of hydrogen-bond donors (Lipinski definition) is 1. The van der Waals surface area contributed by atoms with Gasteiger partial charge >= 0.3 is 16.1 Å². The Labute approximate surface area is 139 Å². The summed E-state index contributed by atoms with van der Waals surface area (Å²) < 4.78 is 31.3. The maximum absolute atomic E-state index is 12.2. The van der Waals surface area contributed by atoms with Crippen molar-refractivity contribution in [1.29, 1.82) is 0 Å². The van der Waals surface area contributed by atoms with Crippen LogP contribution < -0.4 is 10.1 Å². The Morgan fingerprint density at radius 2 is 1.62 bits per heavy atom. The van der Waals surface area contributed by atoms with E-state index in [0.29, 0.717) is 11.4 Å². The van der Waals surface area contributed by atoms with Crippen molar-refractivity contribution in [2.24, 2.45) is 0 Å². The zero-order chi connectivity index (χ0) is 17.7. The summed E-state index contributed by atoms with van der Waals surface area (Å²) in [5, 5.41) is 2.66. The normalized spacial score (nSPS) is 10.8. The van der Waals surface area contributed by atoms with Crippen LogP contribution in [0.5, 0.6) is 5.75 Å². The highest BCUT2D eigenvalue weighted by atomic mass is 32.2. The Kier molecular flexibility index (Phi) is 5.20. The molecule has 0 bridgehead atoms. The molecule has 0 fully saturated rings. The third kappa shape index (κ3) is 4.82. The van der Waals surface area contributed by atoms with Gasteiger partial charge < -0.3 is 14.2 Å². The molecule has 0 radical (unpaired) electrons. The fourth-order valence-corrected chi connectivity index (χ4v) is 2.22. The van der Waals surface area contributed by atoms with Gasteiger partial charge in [0.25, 0.3) is 5.91 Å². The molecule has 1 amide bonds. The maximum Gasteiger partial charge on any atom is 0.353 e. The number of benzene rings is 2. The van der Waals surface area contributed by atoms with Crippen LogP contribution in [0.1, 0.15) is 20.7 Å². The third-order valence-electron chi connectivity index (χ3n) is 2.94. The van der Waals surface area contributed by atoms with Crippen molar-refractivity contribution in [1.82, 2.24) is 0 Å². The molecule has 0 heterocycles. The van der Waals surface area contributed by atoms with Crippen LogP contribution in [-0.2, 0) is 14.3 Å². The summed E-state index contributed by atoms with van der Waals surface area (Å²) in [5.41, 5.74) is 0.696. The minimum atomic E-state index is -3.92. The first kappa shape index (κ1) is 17.5. The SMILES string of the molecule is COc1ccc(NC(=O)c2cccc(C(=O)OS(C)(=O)=O)c2)cc1. The first-order chi connectivity index (χ1) is 11.3. The average Bonchev–Trinajstić information content (AvgIpc) is 2.54. The largest absolute Gasteiger partial charge is 0.497 e. The molecular formula is C16H15NO6S. The minimum Gasteiger partial charge on any atom is -0.497 e. The second-order valence-corrected chi connectivity index (χ2v) is 6.41. The molecule has 0 saturated heterocycles. The van der Waals surface area contributed by atoms with Crippen molar-refractivity contribution in [2.45, 2.75) is 0 Å². The molecule has 0 aliphatic heterocycles. The van der Waals surface area contributed by atoms with Gasteiger partial charge in [0.05, 0.1) is 18.9 Å². The third-order valence-corrected chi connectivity index (χ3v) is 3.39. The molecule has 1 N–H and O–H groups in total. The average molecular weight is 349 g/mol. The molecular weight excluding hydrogens is 334 g/mol. The summed E-state index contributed by atoms with van der Waals surface area (Å²) in [5.74, 6) is -0.843. The quantitative estimate of drug-likeness (QED) is 0.830. The van der Waals surface area contributed by atoms with Gasteiger partial charge in [-0.3, -0.25) is 4.79 Å². The number of hydrogen-bond acceptors (Lipinski definition) is 6. The van der Waals surface area contributed by atoms with E-state index in [4.69, 9.17) is 4.74 Å². The second-order valence-electron chi connectivity index (χ2n) is 4.84. The molecule has 126 valence electrons. The molecule has 2 aromatic rings. The van der Waals surface area contributed by atoms with E-state index in [-0.39, 0.29) is 11.1 Å². The number of anilines is 1. The van der Waals surface area contributed by atoms with Crippen LogP contribution in [0.2, 0.25) is 0 Å². The lowest BCUT2D eigenvalue weighted by Gasteiger charge is -2.07. The van der Waals surface area contributed by atoms with Crippen molar-refractivity contribution in [3.05, 3.63) is 59.7 Å². The number of carbonyl (C=O) groups excluding carboxylic acids is 2. The van der Waals surface area contributed by atoms with Gasteiger partial charge in [-0.05, 0) is 42.5 Å². The molecule has 0 unspecified atom stereocenters. The smallest absolute Gasteiger partial charge is 0.353 e. The van der Waals surface area contributed by atoms with E-state index in [1.165, 1.54) is 31.4 Å². The van der Waals surface area contributed by atoms with E-state index >= 15 is 0 Å². The molecule has 0 aliphatic carbocycles. The first-order valence-electron chi connectivity index (χ1n) is 6.78. The van der Waals surface area contributed by atoms with Gasteiger partial charge in [-0.2, -0.15) is 8.42 Å². The Hall–Kier alpha value is -2.87. The van der Waals surface area contributed by atoms with Crippen LogP contribution in [0.15, 0.2) is 48.5 Å². The summed E-state index contributed by atoms with van der Waals surface area (Å²) in [6.07, 6.45) is 0.769. The molecule has 0 aliphatic rings. The van der Waals surface area contributed by atoms with Crippen molar-refractivity contribution in [3.63, 3.8) is 0 Å². The van der Waals surface area contributed by atoms with Crippen molar-refractivity contribution < 1.29 is 26.9 Å². The molecule has 0 spiro atoms. The van der Waals surface area contributed by atoms with E-state index in [1.54, 1.807) is 24.3 Å². The second kappa shape index (κ2) is 7.14. The first-order valence-corrected chi connectivity index (χ1v) is 8.59. The van der Waals surface area contributed by atoms with E-state index in [9.17, 15) is 18.0 Å². The van der Waals surface area contributed by atoms with Gasteiger partial charge in [0, 0.05) is 11.3 Å². The summed E-state index contributed by atoms with van der Waals surface area (Å²) in [7, 11) is -2.39. The summed E-state index contributed by atoms with van der Waals surface area (Å²) in [6.45, 7) is 0. The van der Waals surface area contributed by atoms with E-state index < -0.39 is 22.0 Å². The molecule has 2 aromatic carbocycles. The lowest BCUT2D eigenvalue weighted by Crippen LogP contribution is -2.15. The fraction of sp³-hybridized carbons (Fsp3) is 0.125. The highest BCUT2D eigenvalue weighted by Crippen LogP contribution is 2.16. The number of nitrogens with one attached hydrogen (secondary N) is 1. The van der Waals surface area contributed by atoms with Crippen molar-refractivity contribution in [2.75, 3.05) is 18.7 Å². The molecule has 0 aromatic heterocycles. The number of ether oxygens (including phenoxy) is 1. The van der Waals surface area contributed by atoms with Gasteiger partial charge in [-0.25, -0.2) is 4.79 Å². The summed E-state index contributed by atoms with van der Waals surface area (Å²) in [6, 6.07) is 12.3. The summed E-state index contributed by atoms with van der Waals surface area (Å²) >= 11 is 0. The van der Waals surface area contributed by atoms with Crippen LogP contribution in [0.4, 0.5) is 5.69 Å². The van der Waals surface area contributed by atoms with Gasteiger partial charge in [-0.15, -0.1) is 0 Å². The fourth-order valence-electron chi connectivity index (χ4n) is 1.85. The Morgan fingerprint density at radius 3 is 2.21 bits per heavy atom. The topological polar surface area (TPSA) is 98.8 Å². The lowest BCUT2D eigenvalue weighted by atomic mass is 10.1. The monoisotopic (exact) mass is 349 g/mol. The van der Waals surface area contributed by atoms with Crippen LogP contribution in [0, 0.1) is 0 Å². The lowest BCUT2D eigenvalue weighted by molar-refractivity contribution is 0.0748. The highest BCUT2D eigenvalue weighted by molar-refractivity contribution is 7.86. The van der Waals surface area contributed by atoms with Crippen molar-refractivity contribution >= 4 is 27.7 Å². The molecule has 2 rings (SSSR count). The molecule has 0 saturated carbocycles. The number of carbonyl (C=O) groups is 2. The highest BCUT2D eigenvalue weighted by Gasteiger charge is 2.15. The molecule has 24 heavy (non-hydrogen) atoms. The Morgan fingerprint density at radius 1 is 1.00 bits per heavy atom. The Balaban J connectivity index is 2.15. The van der Waals surface area contributed by atoms with Gasteiger partial charge in [-0.1, -0.05) is 6.07 Å². The van der Waals surface area contributed by atoms with Gasteiger partial charge in [0.1, 0.15) is 5.75 Å². The van der Waals surface area contributed by atoms with E-state index in [2.05, 4.69) is 9.50 Å². The number of amides is 1. The van der Waals surface area contributed by atoms with Crippen LogP contribution in [0.25, 0.3) is 0 Å². The van der Waals surface area contributed by atoms with Crippen LogP contribution >= 0.6 is 0 Å². The molecule has 7 nitrogen and oxygen atoms in total. The predicted octanol–water partition coefficient (Wildman–Crippen LogP) is 2.06.